The van der Waals surface area contributed by atoms with Crippen LogP contribution in [0.3, 0.4) is 0 Å². The van der Waals surface area contributed by atoms with Crippen LogP contribution in [0.4, 0.5) is 5.13 Å². The van der Waals surface area contributed by atoms with Crippen LogP contribution in [-0.4, -0.2) is 35.6 Å². The fourth-order valence-electron chi connectivity index (χ4n) is 2.05. The SMILES string of the molecule is CN(C)CNc1nc2c(ccc3[nH]c(=O)c(C#N)cc32)s1. The maximum Gasteiger partial charge on any atom is 0.266 e. The number of rotatable bonds is 3. The Bertz CT molecular complexity index is 919. The number of H-pyrrole nitrogens is 1. The minimum atomic E-state index is -0.370. The zero-order chi connectivity index (χ0) is 15.0. The van der Waals surface area contributed by atoms with Gasteiger partial charge >= 0.3 is 0 Å². The minimum absolute atomic E-state index is 0.103. The molecular formula is C14H13N5OS. The molecule has 106 valence electrons. The number of pyridine rings is 1. The third kappa shape index (κ3) is 2.46. The predicted molar refractivity (Wildman–Crippen MR) is 84.6 cm³/mol. The number of nitrogens with zero attached hydrogens (tertiary/aromatic N) is 3. The van der Waals surface area contributed by atoms with Crippen molar-refractivity contribution < 1.29 is 0 Å². The first kappa shape index (κ1) is 13.5. The predicted octanol–water partition coefficient (Wildman–Crippen LogP) is 1.94. The van der Waals surface area contributed by atoms with Gasteiger partial charge in [0.2, 0.25) is 0 Å². The minimum Gasteiger partial charge on any atom is -0.349 e. The number of fused-ring (bicyclic) bond motifs is 3. The molecule has 2 heterocycles. The molecule has 0 amide bonds. The third-order valence-corrected chi connectivity index (χ3v) is 4.03. The second-order valence-corrected chi connectivity index (χ2v) is 5.96. The van der Waals surface area contributed by atoms with E-state index in [-0.39, 0.29) is 11.1 Å². The molecule has 0 fully saturated rings. The van der Waals surface area contributed by atoms with Gasteiger partial charge in [0.25, 0.3) is 5.56 Å². The molecule has 2 N–H and O–H groups in total. The van der Waals surface area contributed by atoms with Gasteiger partial charge in [0, 0.05) is 5.39 Å². The highest BCUT2D eigenvalue weighted by Crippen LogP contribution is 2.30. The van der Waals surface area contributed by atoms with Gasteiger partial charge in [-0.25, -0.2) is 4.98 Å². The molecule has 21 heavy (non-hydrogen) atoms. The number of hydrogen-bond acceptors (Lipinski definition) is 6. The molecule has 0 unspecified atom stereocenters. The number of thiazole rings is 1. The van der Waals surface area contributed by atoms with Gasteiger partial charge < -0.3 is 10.3 Å². The molecule has 0 saturated carbocycles. The van der Waals surface area contributed by atoms with E-state index in [0.717, 1.165) is 20.7 Å². The zero-order valence-electron chi connectivity index (χ0n) is 11.6. The van der Waals surface area contributed by atoms with Crippen LogP contribution in [0.5, 0.6) is 0 Å². The van der Waals surface area contributed by atoms with E-state index in [9.17, 15) is 4.79 Å². The van der Waals surface area contributed by atoms with E-state index in [4.69, 9.17) is 5.26 Å². The van der Waals surface area contributed by atoms with Crippen molar-refractivity contribution in [3.8, 4) is 6.07 Å². The molecule has 1 aromatic carbocycles. The smallest absolute Gasteiger partial charge is 0.266 e. The lowest BCUT2D eigenvalue weighted by atomic mass is 10.1. The second-order valence-electron chi connectivity index (χ2n) is 4.93. The molecule has 7 heteroatoms. The molecule has 0 spiro atoms. The number of anilines is 1. The Labute approximate surface area is 124 Å². The Morgan fingerprint density at radius 1 is 1.48 bits per heavy atom. The normalized spacial score (nSPS) is 11.1. The highest BCUT2D eigenvalue weighted by Gasteiger charge is 2.10. The average molecular weight is 299 g/mol. The van der Waals surface area contributed by atoms with Gasteiger partial charge in [0.05, 0.1) is 22.4 Å². The highest BCUT2D eigenvalue weighted by atomic mass is 32.1. The molecule has 6 nitrogen and oxygen atoms in total. The van der Waals surface area contributed by atoms with Crippen LogP contribution in [0.25, 0.3) is 21.1 Å². The molecule has 0 bridgehead atoms. The van der Waals surface area contributed by atoms with E-state index in [1.807, 2.05) is 37.2 Å². The summed E-state index contributed by atoms with van der Waals surface area (Å²) < 4.78 is 1.01. The fraction of sp³-hybridized carbons (Fsp3) is 0.214. The maximum absolute atomic E-state index is 11.7. The first-order valence-electron chi connectivity index (χ1n) is 6.34. The molecule has 0 saturated heterocycles. The number of nitrogens with one attached hydrogen (secondary N) is 2. The Morgan fingerprint density at radius 2 is 2.29 bits per heavy atom. The lowest BCUT2D eigenvalue weighted by Gasteiger charge is -2.08. The molecule has 2 aromatic heterocycles. The van der Waals surface area contributed by atoms with E-state index < -0.39 is 0 Å². The van der Waals surface area contributed by atoms with Crippen LogP contribution in [0.15, 0.2) is 23.0 Å². The zero-order valence-corrected chi connectivity index (χ0v) is 12.4. The van der Waals surface area contributed by atoms with E-state index >= 15 is 0 Å². The lowest BCUT2D eigenvalue weighted by Crippen LogP contribution is -2.20. The number of aromatic amines is 1. The molecule has 0 radical (unpaired) electrons. The number of nitriles is 1. The largest absolute Gasteiger partial charge is 0.349 e. The van der Waals surface area contributed by atoms with Gasteiger partial charge in [-0.3, -0.25) is 9.69 Å². The van der Waals surface area contributed by atoms with E-state index in [1.54, 1.807) is 17.4 Å². The van der Waals surface area contributed by atoms with Gasteiger partial charge in [-0.15, -0.1) is 0 Å². The van der Waals surface area contributed by atoms with Crippen LogP contribution < -0.4 is 10.9 Å². The average Bonchev–Trinajstić information content (AvgIpc) is 2.87. The van der Waals surface area contributed by atoms with Gasteiger partial charge in [-0.05, 0) is 32.3 Å². The summed E-state index contributed by atoms with van der Waals surface area (Å²) in [5.74, 6) is 0. The first-order chi connectivity index (χ1) is 10.1. The van der Waals surface area contributed by atoms with Gasteiger partial charge in [-0.2, -0.15) is 5.26 Å². The summed E-state index contributed by atoms with van der Waals surface area (Å²) in [7, 11) is 3.94. The van der Waals surface area contributed by atoms with Gasteiger partial charge in [0.1, 0.15) is 11.6 Å². The van der Waals surface area contributed by atoms with Crippen LogP contribution in [0, 0.1) is 11.3 Å². The van der Waals surface area contributed by atoms with Crippen molar-refractivity contribution in [3.63, 3.8) is 0 Å². The number of aromatic nitrogens is 2. The topological polar surface area (TPSA) is 84.8 Å². The van der Waals surface area contributed by atoms with Crippen LogP contribution in [0.1, 0.15) is 5.56 Å². The number of hydrogen-bond donors (Lipinski definition) is 2. The first-order valence-corrected chi connectivity index (χ1v) is 7.15. The van der Waals surface area contributed by atoms with Crippen molar-refractivity contribution in [1.29, 1.82) is 5.26 Å². The van der Waals surface area contributed by atoms with E-state index in [2.05, 4.69) is 15.3 Å². The van der Waals surface area contributed by atoms with Gasteiger partial charge in [-0.1, -0.05) is 11.3 Å². The monoisotopic (exact) mass is 299 g/mol. The van der Waals surface area contributed by atoms with Crippen molar-refractivity contribution in [2.45, 2.75) is 0 Å². The maximum atomic E-state index is 11.7. The molecule has 3 aromatic rings. The molecule has 3 rings (SSSR count). The molecule has 0 aliphatic rings. The van der Waals surface area contributed by atoms with E-state index in [1.165, 1.54) is 0 Å². The van der Waals surface area contributed by atoms with Crippen LogP contribution in [-0.2, 0) is 0 Å². The van der Waals surface area contributed by atoms with Crippen molar-refractivity contribution in [2.75, 3.05) is 26.1 Å². The Balaban J connectivity index is 2.18. The summed E-state index contributed by atoms with van der Waals surface area (Å²) in [6, 6.07) is 7.28. The van der Waals surface area contributed by atoms with Crippen molar-refractivity contribution in [3.05, 3.63) is 34.1 Å². The third-order valence-electron chi connectivity index (χ3n) is 3.05. The summed E-state index contributed by atoms with van der Waals surface area (Å²) in [6.45, 7) is 0.692. The van der Waals surface area contributed by atoms with Crippen LogP contribution in [0.2, 0.25) is 0 Å². The summed E-state index contributed by atoms with van der Waals surface area (Å²) in [6.07, 6.45) is 0. The number of benzene rings is 1. The molecular weight excluding hydrogens is 286 g/mol. The Kier molecular flexibility index (Phi) is 3.33. The van der Waals surface area contributed by atoms with Crippen molar-refractivity contribution in [1.82, 2.24) is 14.9 Å². The fourth-order valence-corrected chi connectivity index (χ4v) is 2.92. The molecule has 0 atom stereocenters. The van der Waals surface area contributed by atoms with Crippen LogP contribution >= 0.6 is 11.3 Å². The summed E-state index contributed by atoms with van der Waals surface area (Å²) >= 11 is 1.55. The van der Waals surface area contributed by atoms with E-state index in [0.29, 0.717) is 12.2 Å². The summed E-state index contributed by atoms with van der Waals surface area (Å²) in [5.41, 5.74) is 1.22. The summed E-state index contributed by atoms with van der Waals surface area (Å²) in [5, 5.41) is 13.8. The molecule has 0 aliphatic carbocycles. The lowest BCUT2D eigenvalue weighted by molar-refractivity contribution is 0.440. The van der Waals surface area contributed by atoms with Crippen molar-refractivity contribution >= 4 is 37.6 Å². The van der Waals surface area contributed by atoms with Crippen molar-refractivity contribution in [2.24, 2.45) is 0 Å². The highest BCUT2D eigenvalue weighted by molar-refractivity contribution is 7.22. The quantitative estimate of drug-likeness (QED) is 0.722. The molecule has 0 aliphatic heterocycles. The second kappa shape index (κ2) is 5.16. The Hall–Kier alpha value is -2.43. The Morgan fingerprint density at radius 3 is 3.00 bits per heavy atom. The van der Waals surface area contributed by atoms with Gasteiger partial charge in [0.15, 0.2) is 5.13 Å². The standard InChI is InChI=1S/C14H13N5OS/c1-19(2)7-16-14-18-12-9-5-8(6-15)13(20)17-10(9)3-4-11(12)21-14/h3-5H,7H2,1-2H3,(H,16,18)(H,17,20). The summed E-state index contributed by atoms with van der Waals surface area (Å²) in [4.78, 5) is 21.0.